The van der Waals surface area contributed by atoms with Gasteiger partial charge in [-0.1, -0.05) is 19.1 Å². The van der Waals surface area contributed by atoms with Gasteiger partial charge in [-0.2, -0.15) is 0 Å². The molecule has 1 N–H and O–H groups in total. The second kappa shape index (κ2) is 11.7. The van der Waals surface area contributed by atoms with Crippen LogP contribution in [0.3, 0.4) is 0 Å². The van der Waals surface area contributed by atoms with Crippen LogP contribution in [0.15, 0.2) is 24.3 Å². The highest BCUT2D eigenvalue weighted by Gasteiger charge is 1.96. The molecule has 1 rings (SSSR count). The lowest BCUT2D eigenvalue weighted by molar-refractivity contribution is 0.202. The molecule has 0 amide bonds. The Morgan fingerprint density at radius 2 is 1.75 bits per heavy atom. The second-order valence-electron chi connectivity index (χ2n) is 5.05. The van der Waals surface area contributed by atoms with Crippen molar-refractivity contribution in [1.29, 1.82) is 0 Å². The SMILES string of the molecule is CCCNCCCCCOc1ccc(CCOC)cc1. The second-order valence-corrected chi connectivity index (χ2v) is 5.05. The van der Waals surface area contributed by atoms with Crippen molar-refractivity contribution in [2.75, 3.05) is 33.4 Å². The summed E-state index contributed by atoms with van der Waals surface area (Å²) in [4.78, 5) is 0. The molecule has 0 fully saturated rings. The Labute approximate surface area is 123 Å². The smallest absolute Gasteiger partial charge is 0.119 e. The van der Waals surface area contributed by atoms with Gasteiger partial charge in [0.05, 0.1) is 13.2 Å². The van der Waals surface area contributed by atoms with Crippen molar-refractivity contribution in [2.24, 2.45) is 0 Å². The van der Waals surface area contributed by atoms with Gasteiger partial charge >= 0.3 is 0 Å². The van der Waals surface area contributed by atoms with Crippen LogP contribution < -0.4 is 10.1 Å². The first-order valence-corrected chi connectivity index (χ1v) is 7.78. The van der Waals surface area contributed by atoms with Gasteiger partial charge in [-0.25, -0.2) is 0 Å². The summed E-state index contributed by atoms with van der Waals surface area (Å²) < 4.78 is 10.8. The maximum Gasteiger partial charge on any atom is 0.119 e. The maximum absolute atomic E-state index is 5.74. The van der Waals surface area contributed by atoms with Crippen molar-refractivity contribution in [2.45, 2.75) is 39.0 Å². The van der Waals surface area contributed by atoms with Gasteiger partial charge in [-0.3, -0.25) is 0 Å². The van der Waals surface area contributed by atoms with Crippen LogP contribution in [-0.2, 0) is 11.2 Å². The van der Waals surface area contributed by atoms with Crippen LogP contribution in [0.2, 0.25) is 0 Å². The molecule has 1 aromatic carbocycles. The standard InChI is InChI=1S/C17H29NO2/c1-3-12-18-13-5-4-6-14-20-17-9-7-16(8-10-17)11-15-19-2/h7-10,18H,3-6,11-15H2,1-2H3. The predicted octanol–water partition coefficient (Wildman–Crippen LogP) is 3.42. The highest BCUT2D eigenvalue weighted by Crippen LogP contribution is 2.13. The minimum absolute atomic E-state index is 0.770. The first-order valence-electron chi connectivity index (χ1n) is 7.78. The van der Waals surface area contributed by atoms with Crippen LogP contribution in [0.1, 0.15) is 38.2 Å². The molecule has 20 heavy (non-hydrogen) atoms. The Kier molecular flexibility index (Phi) is 9.98. The quantitative estimate of drug-likeness (QED) is 0.595. The molecule has 0 saturated carbocycles. The summed E-state index contributed by atoms with van der Waals surface area (Å²) in [5, 5.41) is 3.42. The third-order valence-electron chi connectivity index (χ3n) is 3.21. The fourth-order valence-corrected chi connectivity index (χ4v) is 1.99. The van der Waals surface area contributed by atoms with E-state index in [0.717, 1.165) is 44.9 Å². The van der Waals surface area contributed by atoms with Crippen molar-refractivity contribution in [3.63, 3.8) is 0 Å². The van der Waals surface area contributed by atoms with E-state index in [-0.39, 0.29) is 0 Å². The molecule has 3 nitrogen and oxygen atoms in total. The molecule has 0 aliphatic heterocycles. The van der Waals surface area contributed by atoms with Gasteiger partial charge in [-0.15, -0.1) is 0 Å². The highest BCUT2D eigenvalue weighted by molar-refractivity contribution is 5.27. The van der Waals surface area contributed by atoms with Gasteiger partial charge in [0.2, 0.25) is 0 Å². The Hall–Kier alpha value is -1.06. The van der Waals surface area contributed by atoms with Crippen molar-refractivity contribution >= 4 is 0 Å². The third kappa shape index (κ3) is 8.18. The average molecular weight is 279 g/mol. The van der Waals surface area contributed by atoms with E-state index in [0.29, 0.717) is 0 Å². The van der Waals surface area contributed by atoms with Crippen molar-refractivity contribution < 1.29 is 9.47 Å². The maximum atomic E-state index is 5.74. The molecule has 0 saturated heterocycles. The fourth-order valence-electron chi connectivity index (χ4n) is 1.99. The zero-order chi connectivity index (χ0) is 14.5. The van der Waals surface area contributed by atoms with Gasteiger partial charge in [0.1, 0.15) is 5.75 Å². The van der Waals surface area contributed by atoms with Gasteiger partial charge in [-0.05, 0) is 62.9 Å². The molecular weight excluding hydrogens is 250 g/mol. The molecule has 0 aliphatic carbocycles. The van der Waals surface area contributed by atoms with Gasteiger partial charge in [0.25, 0.3) is 0 Å². The van der Waals surface area contributed by atoms with Crippen LogP contribution in [-0.4, -0.2) is 33.4 Å². The monoisotopic (exact) mass is 279 g/mol. The topological polar surface area (TPSA) is 30.5 Å². The molecule has 0 spiro atoms. The van der Waals surface area contributed by atoms with E-state index < -0.39 is 0 Å². The number of nitrogens with one attached hydrogen (secondary N) is 1. The van der Waals surface area contributed by atoms with Crippen LogP contribution in [0, 0.1) is 0 Å². The van der Waals surface area contributed by atoms with E-state index in [1.807, 2.05) is 12.1 Å². The lowest BCUT2D eigenvalue weighted by Crippen LogP contribution is -2.15. The predicted molar refractivity (Wildman–Crippen MR) is 84.5 cm³/mol. The van der Waals surface area contributed by atoms with Gasteiger partial charge in [0.15, 0.2) is 0 Å². The van der Waals surface area contributed by atoms with Crippen molar-refractivity contribution in [3.05, 3.63) is 29.8 Å². The highest BCUT2D eigenvalue weighted by atomic mass is 16.5. The Morgan fingerprint density at radius 3 is 2.45 bits per heavy atom. The Balaban J connectivity index is 2.04. The fraction of sp³-hybridized carbons (Fsp3) is 0.647. The number of ether oxygens (including phenoxy) is 2. The van der Waals surface area contributed by atoms with Crippen LogP contribution in [0.5, 0.6) is 5.75 Å². The number of hydrogen-bond acceptors (Lipinski definition) is 3. The van der Waals surface area contributed by atoms with E-state index >= 15 is 0 Å². The summed E-state index contributed by atoms with van der Waals surface area (Å²) in [6, 6.07) is 8.33. The summed E-state index contributed by atoms with van der Waals surface area (Å²) in [7, 11) is 1.73. The lowest BCUT2D eigenvalue weighted by atomic mass is 10.1. The van der Waals surface area contributed by atoms with Crippen molar-refractivity contribution in [3.8, 4) is 5.75 Å². The number of methoxy groups -OCH3 is 1. The minimum atomic E-state index is 0.770. The van der Waals surface area contributed by atoms with E-state index in [9.17, 15) is 0 Å². The van der Waals surface area contributed by atoms with Crippen LogP contribution >= 0.6 is 0 Å². The minimum Gasteiger partial charge on any atom is -0.494 e. The molecule has 0 bridgehead atoms. The molecule has 0 heterocycles. The molecule has 1 aromatic rings. The Bertz CT molecular complexity index is 324. The molecule has 0 aromatic heterocycles. The summed E-state index contributed by atoms with van der Waals surface area (Å²) in [6.45, 7) is 6.03. The van der Waals surface area contributed by atoms with Crippen LogP contribution in [0.4, 0.5) is 0 Å². The molecule has 0 radical (unpaired) electrons. The molecule has 0 unspecified atom stereocenters. The first kappa shape index (κ1) is 17.0. The van der Waals surface area contributed by atoms with Crippen molar-refractivity contribution in [1.82, 2.24) is 5.32 Å². The zero-order valence-corrected chi connectivity index (χ0v) is 13.0. The number of benzene rings is 1. The van der Waals surface area contributed by atoms with Gasteiger partial charge < -0.3 is 14.8 Å². The van der Waals surface area contributed by atoms with E-state index in [1.165, 1.54) is 24.8 Å². The first-order chi connectivity index (χ1) is 9.86. The lowest BCUT2D eigenvalue weighted by Gasteiger charge is -2.07. The molecular formula is C17H29NO2. The summed E-state index contributed by atoms with van der Waals surface area (Å²) in [5.74, 6) is 0.968. The Morgan fingerprint density at radius 1 is 0.950 bits per heavy atom. The average Bonchev–Trinajstić information content (AvgIpc) is 2.49. The summed E-state index contributed by atoms with van der Waals surface area (Å²) in [6.07, 6.45) is 5.76. The zero-order valence-electron chi connectivity index (χ0n) is 13.0. The van der Waals surface area contributed by atoms with E-state index in [2.05, 4.69) is 24.4 Å². The van der Waals surface area contributed by atoms with E-state index in [4.69, 9.17) is 9.47 Å². The van der Waals surface area contributed by atoms with Crippen LogP contribution in [0.25, 0.3) is 0 Å². The number of hydrogen-bond donors (Lipinski definition) is 1. The van der Waals surface area contributed by atoms with E-state index in [1.54, 1.807) is 7.11 Å². The summed E-state index contributed by atoms with van der Waals surface area (Å²) >= 11 is 0. The molecule has 114 valence electrons. The number of rotatable bonds is 12. The summed E-state index contributed by atoms with van der Waals surface area (Å²) in [5.41, 5.74) is 1.29. The van der Waals surface area contributed by atoms with Gasteiger partial charge in [0, 0.05) is 7.11 Å². The third-order valence-corrected chi connectivity index (χ3v) is 3.21. The molecule has 3 heteroatoms. The molecule has 0 aliphatic rings. The largest absolute Gasteiger partial charge is 0.494 e. The number of unbranched alkanes of at least 4 members (excludes halogenated alkanes) is 2. The normalized spacial score (nSPS) is 10.7. The molecule has 0 atom stereocenters.